The Labute approximate surface area is 224 Å². The number of hydrogen-bond acceptors (Lipinski definition) is 4. The third kappa shape index (κ3) is 22.5. The maximum Gasteiger partial charge on any atom is 1.00 e. The van der Waals surface area contributed by atoms with Crippen molar-refractivity contribution in [3.05, 3.63) is 0 Å². The predicted molar refractivity (Wildman–Crippen MR) is 119 cm³/mol. The predicted octanol–water partition coefficient (Wildman–Crippen LogP) is 3.72. The standard InChI is InChI=1S/C23H48O4S.K/c1-3-5-7-9-10-12-14-18-22(24)19-15-13-17-21-23(28(25,26)27)20-16-11-8-6-4-2;/h22-24H,3-21H2,1-2H3,(H,25,26,27);/q;+1/p-1. The Morgan fingerprint density at radius 1 is 0.621 bits per heavy atom. The van der Waals surface area contributed by atoms with Gasteiger partial charge < -0.3 is 9.66 Å². The summed E-state index contributed by atoms with van der Waals surface area (Å²) in [6.45, 7) is 4.38. The van der Waals surface area contributed by atoms with Crippen molar-refractivity contribution in [2.45, 2.75) is 147 Å². The van der Waals surface area contributed by atoms with Crippen LogP contribution in [0.2, 0.25) is 0 Å². The molecule has 0 fully saturated rings. The molecule has 2 atom stereocenters. The van der Waals surface area contributed by atoms with Gasteiger partial charge in [-0.25, -0.2) is 8.42 Å². The summed E-state index contributed by atoms with van der Waals surface area (Å²) in [6, 6.07) is 0. The van der Waals surface area contributed by atoms with Gasteiger partial charge in [0.2, 0.25) is 0 Å². The first-order valence-electron chi connectivity index (χ1n) is 12.0. The molecule has 0 radical (unpaired) electrons. The van der Waals surface area contributed by atoms with Crippen molar-refractivity contribution in [3.63, 3.8) is 0 Å². The molecule has 2 unspecified atom stereocenters. The maximum atomic E-state index is 11.5. The van der Waals surface area contributed by atoms with Gasteiger partial charge in [0.25, 0.3) is 0 Å². The van der Waals surface area contributed by atoms with Gasteiger partial charge in [-0.3, -0.25) is 0 Å². The van der Waals surface area contributed by atoms with Crippen molar-refractivity contribution in [1.82, 2.24) is 0 Å². The van der Waals surface area contributed by atoms with Crippen LogP contribution in [0.1, 0.15) is 136 Å². The van der Waals surface area contributed by atoms with E-state index in [0.29, 0.717) is 12.8 Å². The molecular formula is C23H47KO4S. The largest absolute Gasteiger partial charge is 1.00 e. The van der Waals surface area contributed by atoms with Gasteiger partial charge in [-0.05, 0) is 25.7 Å². The number of aliphatic hydroxyl groups excluding tert-OH is 1. The van der Waals surface area contributed by atoms with Crippen molar-refractivity contribution in [3.8, 4) is 0 Å². The first-order valence-corrected chi connectivity index (χ1v) is 13.5. The van der Waals surface area contributed by atoms with E-state index in [2.05, 4.69) is 13.8 Å². The molecule has 0 saturated carbocycles. The Bertz CT molecular complexity index is 429. The van der Waals surface area contributed by atoms with Crippen LogP contribution in [0, 0.1) is 0 Å². The van der Waals surface area contributed by atoms with Crippen molar-refractivity contribution >= 4 is 10.1 Å². The zero-order chi connectivity index (χ0) is 21.1. The van der Waals surface area contributed by atoms with Crippen LogP contribution in [0.15, 0.2) is 0 Å². The number of hydrogen-bond donors (Lipinski definition) is 1. The summed E-state index contributed by atoms with van der Waals surface area (Å²) in [4.78, 5) is 0. The second kappa shape index (κ2) is 22.7. The molecule has 4 nitrogen and oxygen atoms in total. The number of rotatable bonds is 21. The summed E-state index contributed by atoms with van der Waals surface area (Å²) in [5, 5.41) is 9.35. The van der Waals surface area contributed by atoms with Gasteiger partial charge in [0.05, 0.1) is 16.2 Å². The molecule has 29 heavy (non-hydrogen) atoms. The normalized spacial score (nSPS) is 13.8. The zero-order valence-electron chi connectivity index (χ0n) is 19.7. The van der Waals surface area contributed by atoms with E-state index >= 15 is 0 Å². The van der Waals surface area contributed by atoms with E-state index in [1.165, 1.54) is 44.9 Å². The Kier molecular flexibility index (Phi) is 25.6. The minimum atomic E-state index is -4.18. The molecule has 0 amide bonds. The van der Waals surface area contributed by atoms with Gasteiger partial charge >= 0.3 is 51.4 Å². The topological polar surface area (TPSA) is 77.4 Å². The fourth-order valence-corrected chi connectivity index (χ4v) is 4.73. The molecule has 0 aromatic carbocycles. The Balaban J connectivity index is 0. The van der Waals surface area contributed by atoms with Gasteiger partial charge in [0.1, 0.15) is 0 Å². The molecular weight excluding hydrogens is 411 g/mol. The second-order valence-electron chi connectivity index (χ2n) is 8.52. The summed E-state index contributed by atoms with van der Waals surface area (Å²) < 4.78 is 34.4. The van der Waals surface area contributed by atoms with Crippen LogP contribution in [0.5, 0.6) is 0 Å². The molecule has 170 valence electrons. The van der Waals surface area contributed by atoms with Gasteiger partial charge in [0, 0.05) is 5.25 Å². The van der Waals surface area contributed by atoms with E-state index in [9.17, 15) is 18.1 Å². The molecule has 0 heterocycles. The third-order valence-corrected chi connectivity index (χ3v) is 7.03. The van der Waals surface area contributed by atoms with Crippen molar-refractivity contribution < 1.29 is 69.5 Å². The number of unbranched alkanes of at least 4 members (excludes halogenated alkanes) is 12. The SMILES string of the molecule is CCCCCCCCCC(O)CCCCCC(CCCCCCC)S(=O)(=O)[O-].[K+]. The van der Waals surface area contributed by atoms with Gasteiger partial charge in [-0.2, -0.15) is 0 Å². The minimum Gasteiger partial charge on any atom is -0.748 e. The Morgan fingerprint density at radius 2 is 0.931 bits per heavy atom. The van der Waals surface area contributed by atoms with Crippen molar-refractivity contribution in [2.75, 3.05) is 0 Å². The molecule has 1 N–H and O–H groups in total. The zero-order valence-corrected chi connectivity index (χ0v) is 23.6. The number of aliphatic hydroxyl groups is 1. The Hall–Kier alpha value is 1.51. The molecule has 0 saturated heterocycles. The van der Waals surface area contributed by atoms with Crippen LogP contribution in [-0.4, -0.2) is 29.4 Å². The second-order valence-corrected chi connectivity index (χ2v) is 10.2. The monoisotopic (exact) mass is 458 g/mol. The van der Waals surface area contributed by atoms with Crippen LogP contribution >= 0.6 is 0 Å². The quantitative estimate of drug-likeness (QED) is 0.162. The first kappa shape index (κ1) is 32.7. The summed E-state index contributed by atoms with van der Waals surface area (Å²) in [7, 11) is -4.18. The van der Waals surface area contributed by atoms with E-state index in [1.54, 1.807) is 0 Å². The van der Waals surface area contributed by atoms with E-state index in [-0.39, 0.29) is 57.5 Å². The summed E-state index contributed by atoms with van der Waals surface area (Å²) in [6.07, 6.45) is 19.2. The molecule has 0 aromatic heterocycles. The van der Waals surface area contributed by atoms with E-state index in [4.69, 9.17) is 0 Å². The third-order valence-electron chi connectivity index (χ3n) is 5.74. The molecule has 0 aliphatic carbocycles. The van der Waals surface area contributed by atoms with E-state index in [0.717, 1.165) is 64.2 Å². The van der Waals surface area contributed by atoms with Crippen LogP contribution in [-0.2, 0) is 10.1 Å². The van der Waals surface area contributed by atoms with E-state index < -0.39 is 15.4 Å². The first-order chi connectivity index (χ1) is 13.4. The maximum absolute atomic E-state index is 11.5. The van der Waals surface area contributed by atoms with Gasteiger partial charge in [-0.1, -0.05) is 110 Å². The van der Waals surface area contributed by atoms with Crippen LogP contribution < -0.4 is 51.4 Å². The van der Waals surface area contributed by atoms with Crippen LogP contribution in [0.25, 0.3) is 0 Å². The molecule has 0 rings (SSSR count). The van der Waals surface area contributed by atoms with Crippen LogP contribution in [0.4, 0.5) is 0 Å². The average Bonchev–Trinajstić information content (AvgIpc) is 2.64. The summed E-state index contributed by atoms with van der Waals surface area (Å²) in [5.41, 5.74) is 0. The van der Waals surface area contributed by atoms with Gasteiger partial charge in [0.15, 0.2) is 0 Å². The molecule has 0 bridgehead atoms. The van der Waals surface area contributed by atoms with Crippen molar-refractivity contribution in [2.24, 2.45) is 0 Å². The Morgan fingerprint density at radius 3 is 1.31 bits per heavy atom. The minimum absolute atomic E-state index is 0. The van der Waals surface area contributed by atoms with E-state index in [1.807, 2.05) is 0 Å². The fourth-order valence-electron chi connectivity index (χ4n) is 3.82. The van der Waals surface area contributed by atoms with Crippen molar-refractivity contribution in [1.29, 1.82) is 0 Å². The average molecular weight is 459 g/mol. The molecule has 0 aliphatic heterocycles. The smallest absolute Gasteiger partial charge is 0.748 e. The fraction of sp³-hybridized carbons (Fsp3) is 1.00. The summed E-state index contributed by atoms with van der Waals surface area (Å²) in [5.74, 6) is 0. The molecule has 6 heteroatoms. The summed E-state index contributed by atoms with van der Waals surface area (Å²) >= 11 is 0. The molecule has 0 aromatic rings. The van der Waals surface area contributed by atoms with Gasteiger partial charge in [-0.15, -0.1) is 0 Å². The molecule has 0 aliphatic rings. The van der Waals surface area contributed by atoms with Crippen LogP contribution in [0.3, 0.4) is 0 Å². The molecule has 0 spiro atoms.